The van der Waals surface area contributed by atoms with Crippen molar-refractivity contribution in [2.24, 2.45) is 0 Å². The molecule has 7 heteroatoms. The van der Waals surface area contributed by atoms with Crippen molar-refractivity contribution in [2.75, 3.05) is 14.2 Å². The summed E-state index contributed by atoms with van der Waals surface area (Å²) in [5.41, 5.74) is 0.626. The van der Waals surface area contributed by atoms with Crippen LogP contribution in [-0.2, 0) is 4.79 Å². The molecule has 0 atom stereocenters. The van der Waals surface area contributed by atoms with Crippen LogP contribution in [0.5, 0.6) is 17.2 Å². The molecule has 0 aliphatic carbocycles. The molecule has 0 bridgehead atoms. The molecule has 0 aliphatic rings. The SMILES string of the molecule is COc1cc(/C=C/C(=O)Oc2ccc([N+](=O)[O-])cc2)cc(OC)c1. The fourth-order valence-corrected chi connectivity index (χ4v) is 1.88. The van der Waals surface area contributed by atoms with Gasteiger partial charge in [-0.1, -0.05) is 0 Å². The van der Waals surface area contributed by atoms with E-state index < -0.39 is 10.9 Å². The molecule has 2 aromatic carbocycles. The predicted molar refractivity (Wildman–Crippen MR) is 87.3 cm³/mol. The van der Waals surface area contributed by atoms with Crippen LogP contribution in [-0.4, -0.2) is 25.1 Å². The summed E-state index contributed by atoms with van der Waals surface area (Å²) in [7, 11) is 3.07. The Balaban J connectivity index is 2.06. The Bertz CT molecular complexity index is 745. The third-order valence-electron chi connectivity index (χ3n) is 3.05. The number of hydrogen-bond donors (Lipinski definition) is 0. The highest BCUT2D eigenvalue weighted by Crippen LogP contribution is 2.23. The zero-order chi connectivity index (χ0) is 17.5. The minimum Gasteiger partial charge on any atom is -0.497 e. The molecule has 0 fully saturated rings. The Labute approximate surface area is 138 Å². The Kier molecular flexibility index (Phi) is 5.51. The number of non-ortho nitro benzene ring substituents is 1. The fraction of sp³-hybridized carbons (Fsp3) is 0.118. The molecule has 0 saturated heterocycles. The van der Waals surface area contributed by atoms with Gasteiger partial charge in [0.1, 0.15) is 17.2 Å². The van der Waals surface area contributed by atoms with E-state index in [-0.39, 0.29) is 11.4 Å². The predicted octanol–water partition coefficient (Wildman–Crippen LogP) is 3.23. The first kappa shape index (κ1) is 17.0. The van der Waals surface area contributed by atoms with E-state index in [1.165, 1.54) is 44.6 Å². The van der Waals surface area contributed by atoms with Crippen molar-refractivity contribution in [3.05, 3.63) is 64.2 Å². The lowest BCUT2D eigenvalue weighted by molar-refractivity contribution is -0.384. The monoisotopic (exact) mass is 329 g/mol. The Morgan fingerprint density at radius 2 is 1.58 bits per heavy atom. The molecular weight excluding hydrogens is 314 g/mol. The van der Waals surface area contributed by atoms with Crippen LogP contribution in [0, 0.1) is 10.1 Å². The van der Waals surface area contributed by atoms with Gasteiger partial charge >= 0.3 is 5.97 Å². The summed E-state index contributed by atoms with van der Waals surface area (Å²) in [5.74, 6) is 0.805. The largest absolute Gasteiger partial charge is 0.497 e. The molecular formula is C17H15NO6. The number of carbonyl (C=O) groups excluding carboxylic acids is 1. The molecule has 0 spiro atoms. The van der Waals surface area contributed by atoms with Crippen LogP contribution in [0.15, 0.2) is 48.5 Å². The van der Waals surface area contributed by atoms with Gasteiger partial charge in [0.15, 0.2) is 0 Å². The van der Waals surface area contributed by atoms with Crippen molar-refractivity contribution in [3.63, 3.8) is 0 Å². The van der Waals surface area contributed by atoms with Crippen molar-refractivity contribution in [1.82, 2.24) is 0 Å². The lowest BCUT2D eigenvalue weighted by Gasteiger charge is -2.05. The van der Waals surface area contributed by atoms with Crippen molar-refractivity contribution < 1.29 is 23.9 Å². The highest BCUT2D eigenvalue weighted by atomic mass is 16.6. The lowest BCUT2D eigenvalue weighted by atomic mass is 10.2. The van der Waals surface area contributed by atoms with Gasteiger partial charge in [0.25, 0.3) is 5.69 Å². The van der Waals surface area contributed by atoms with Crippen LogP contribution in [0.1, 0.15) is 5.56 Å². The third-order valence-corrected chi connectivity index (χ3v) is 3.05. The van der Waals surface area contributed by atoms with E-state index in [1.807, 2.05) is 0 Å². The average Bonchev–Trinajstić information content (AvgIpc) is 2.60. The van der Waals surface area contributed by atoms with Crippen LogP contribution in [0.25, 0.3) is 6.08 Å². The van der Waals surface area contributed by atoms with Crippen LogP contribution < -0.4 is 14.2 Å². The lowest BCUT2D eigenvalue weighted by Crippen LogP contribution is -2.03. The van der Waals surface area contributed by atoms with E-state index in [0.29, 0.717) is 17.1 Å². The molecule has 124 valence electrons. The molecule has 0 radical (unpaired) electrons. The number of ether oxygens (including phenoxy) is 3. The van der Waals surface area contributed by atoms with Gasteiger partial charge < -0.3 is 14.2 Å². The van der Waals surface area contributed by atoms with Gasteiger partial charge in [0.05, 0.1) is 19.1 Å². The maximum atomic E-state index is 11.8. The number of rotatable bonds is 6. The van der Waals surface area contributed by atoms with E-state index in [1.54, 1.807) is 24.3 Å². The summed E-state index contributed by atoms with van der Waals surface area (Å²) in [6.45, 7) is 0. The van der Waals surface area contributed by atoms with Crippen molar-refractivity contribution in [1.29, 1.82) is 0 Å². The topological polar surface area (TPSA) is 87.9 Å². The molecule has 0 unspecified atom stereocenters. The zero-order valence-electron chi connectivity index (χ0n) is 13.1. The number of hydrogen-bond acceptors (Lipinski definition) is 6. The van der Waals surface area contributed by atoms with E-state index in [4.69, 9.17) is 14.2 Å². The van der Waals surface area contributed by atoms with E-state index >= 15 is 0 Å². The molecule has 0 amide bonds. The fourth-order valence-electron chi connectivity index (χ4n) is 1.88. The second-order valence-electron chi connectivity index (χ2n) is 4.65. The van der Waals surface area contributed by atoms with Gasteiger partial charge in [-0.15, -0.1) is 0 Å². The minimum absolute atomic E-state index is 0.0752. The molecule has 24 heavy (non-hydrogen) atoms. The first-order valence-corrected chi connectivity index (χ1v) is 6.89. The van der Waals surface area contributed by atoms with Gasteiger partial charge in [0, 0.05) is 24.3 Å². The second-order valence-corrected chi connectivity index (χ2v) is 4.65. The number of carbonyl (C=O) groups is 1. The molecule has 2 aromatic rings. The molecule has 0 aliphatic heterocycles. The molecule has 2 rings (SSSR count). The smallest absolute Gasteiger partial charge is 0.336 e. The molecule has 0 saturated carbocycles. The summed E-state index contributed by atoms with van der Waals surface area (Å²) >= 11 is 0. The number of nitrogens with zero attached hydrogens (tertiary/aromatic N) is 1. The number of nitro groups is 1. The first-order valence-electron chi connectivity index (χ1n) is 6.89. The summed E-state index contributed by atoms with van der Waals surface area (Å²) in [4.78, 5) is 21.8. The first-order chi connectivity index (χ1) is 11.5. The van der Waals surface area contributed by atoms with Gasteiger partial charge in [-0.3, -0.25) is 10.1 Å². The summed E-state index contributed by atoms with van der Waals surface area (Å²) in [5, 5.41) is 10.6. The maximum absolute atomic E-state index is 11.8. The van der Waals surface area contributed by atoms with Gasteiger partial charge in [-0.05, 0) is 35.9 Å². The Morgan fingerprint density at radius 3 is 2.08 bits per heavy atom. The summed E-state index contributed by atoms with van der Waals surface area (Å²) in [6, 6.07) is 10.4. The number of methoxy groups -OCH3 is 2. The zero-order valence-corrected chi connectivity index (χ0v) is 13.1. The molecule has 0 aromatic heterocycles. The molecule has 0 N–H and O–H groups in total. The average molecular weight is 329 g/mol. The van der Waals surface area contributed by atoms with Crippen LogP contribution in [0.2, 0.25) is 0 Å². The quantitative estimate of drug-likeness (QED) is 0.266. The number of nitro benzene ring substituents is 1. The summed E-state index contributed by atoms with van der Waals surface area (Å²) in [6.07, 6.45) is 2.80. The summed E-state index contributed by atoms with van der Waals surface area (Å²) < 4.78 is 15.4. The minimum atomic E-state index is -0.606. The van der Waals surface area contributed by atoms with Gasteiger partial charge in [-0.2, -0.15) is 0 Å². The van der Waals surface area contributed by atoms with Gasteiger partial charge in [0.2, 0.25) is 0 Å². The Hall–Kier alpha value is -3.35. The van der Waals surface area contributed by atoms with Crippen molar-refractivity contribution in [3.8, 4) is 17.2 Å². The van der Waals surface area contributed by atoms with Crippen LogP contribution in [0.4, 0.5) is 5.69 Å². The second kappa shape index (κ2) is 7.77. The highest BCUT2D eigenvalue weighted by molar-refractivity contribution is 5.88. The normalized spacial score (nSPS) is 10.4. The maximum Gasteiger partial charge on any atom is 0.336 e. The van der Waals surface area contributed by atoms with Crippen molar-refractivity contribution in [2.45, 2.75) is 0 Å². The number of benzene rings is 2. The molecule has 7 nitrogen and oxygen atoms in total. The highest BCUT2D eigenvalue weighted by Gasteiger charge is 2.06. The molecule has 0 heterocycles. The van der Waals surface area contributed by atoms with Crippen LogP contribution in [0.3, 0.4) is 0 Å². The van der Waals surface area contributed by atoms with Crippen LogP contribution >= 0.6 is 0 Å². The van der Waals surface area contributed by atoms with E-state index in [0.717, 1.165) is 0 Å². The number of esters is 1. The van der Waals surface area contributed by atoms with Crippen molar-refractivity contribution >= 4 is 17.7 Å². The van der Waals surface area contributed by atoms with Gasteiger partial charge in [-0.25, -0.2) is 4.79 Å². The third kappa shape index (κ3) is 4.57. The van der Waals surface area contributed by atoms with E-state index in [2.05, 4.69) is 0 Å². The van der Waals surface area contributed by atoms with E-state index in [9.17, 15) is 14.9 Å². The standard InChI is InChI=1S/C17H15NO6/c1-22-15-9-12(10-16(11-15)23-2)3-8-17(19)24-14-6-4-13(5-7-14)18(20)21/h3-11H,1-2H3/b8-3+. The Morgan fingerprint density at radius 1 is 1.00 bits per heavy atom.